The Morgan fingerprint density at radius 2 is 1.84 bits per heavy atom. The van der Waals surface area contributed by atoms with Crippen LogP contribution < -0.4 is 14.9 Å². The number of amides is 1. The molecule has 0 aliphatic carbocycles. The van der Waals surface area contributed by atoms with E-state index in [4.69, 9.17) is 9.47 Å². The van der Waals surface area contributed by atoms with Crippen LogP contribution in [0.1, 0.15) is 16.1 Å². The van der Waals surface area contributed by atoms with Crippen LogP contribution in [0.15, 0.2) is 41.2 Å². The van der Waals surface area contributed by atoms with Crippen LogP contribution in [0, 0.1) is 5.82 Å². The normalized spacial score (nSPS) is 16.1. The topological polar surface area (TPSA) is 76.9 Å². The van der Waals surface area contributed by atoms with Gasteiger partial charge in [0.05, 0.1) is 10.9 Å². The van der Waals surface area contributed by atoms with Crippen molar-refractivity contribution in [3.05, 3.63) is 63.7 Å². The number of hydrogen-bond donors (Lipinski definition) is 0. The van der Waals surface area contributed by atoms with Gasteiger partial charge in [0, 0.05) is 39.8 Å². The van der Waals surface area contributed by atoms with Crippen LogP contribution in [0.5, 0.6) is 11.5 Å². The van der Waals surface area contributed by atoms with Crippen molar-refractivity contribution in [3.63, 3.8) is 0 Å². The molecular weight excluding hydrogens is 403 g/mol. The molecule has 3 aromatic rings. The van der Waals surface area contributed by atoms with Crippen LogP contribution >= 0.6 is 0 Å². The second kappa shape index (κ2) is 7.66. The predicted molar refractivity (Wildman–Crippen MR) is 111 cm³/mol. The molecule has 3 heterocycles. The highest BCUT2D eigenvalue weighted by Crippen LogP contribution is 2.32. The van der Waals surface area contributed by atoms with E-state index in [-0.39, 0.29) is 17.9 Å². The number of ether oxygens (including phenoxy) is 2. The lowest BCUT2D eigenvalue weighted by Crippen LogP contribution is -2.49. The maximum absolute atomic E-state index is 13.6. The second-order valence-electron chi connectivity index (χ2n) is 7.72. The van der Waals surface area contributed by atoms with Gasteiger partial charge in [-0.1, -0.05) is 6.07 Å². The molecule has 0 saturated carbocycles. The number of aromatic nitrogens is 2. The molecule has 31 heavy (non-hydrogen) atoms. The first-order valence-corrected chi connectivity index (χ1v) is 10.1. The molecule has 9 heteroatoms. The average Bonchev–Trinajstić information content (AvgIpc) is 3.24. The lowest BCUT2D eigenvalue weighted by atomic mass is 10.1. The van der Waals surface area contributed by atoms with Gasteiger partial charge in [-0.05, 0) is 35.9 Å². The summed E-state index contributed by atoms with van der Waals surface area (Å²) in [4.78, 5) is 29.7. The van der Waals surface area contributed by atoms with Gasteiger partial charge in [0.25, 0.3) is 5.91 Å². The van der Waals surface area contributed by atoms with E-state index in [2.05, 4.69) is 10.00 Å². The quantitative estimate of drug-likeness (QED) is 0.638. The molecule has 0 unspecified atom stereocenters. The molecule has 0 bridgehead atoms. The number of carbonyl (C=O) groups is 1. The molecule has 160 valence electrons. The highest BCUT2D eigenvalue weighted by molar-refractivity contribution is 5.95. The summed E-state index contributed by atoms with van der Waals surface area (Å²) in [5.74, 6) is 0.560. The van der Waals surface area contributed by atoms with Crippen LogP contribution in [0.3, 0.4) is 0 Å². The minimum atomic E-state index is -0.541. The zero-order chi connectivity index (χ0) is 21.5. The smallest absolute Gasteiger partial charge is 0.278 e. The van der Waals surface area contributed by atoms with Crippen molar-refractivity contribution in [1.29, 1.82) is 0 Å². The van der Waals surface area contributed by atoms with E-state index < -0.39 is 17.2 Å². The van der Waals surface area contributed by atoms with E-state index in [9.17, 15) is 14.0 Å². The lowest BCUT2D eigenvalue weighted by molar-refractivity contribution is 0.0619. The summed E-state index contributed by atoms with van der Waals surface area (Å²) in [6, 6.07) is 9.79. The molecule has 1 amide bonds. The summed E-state index contributed by atoms with van der Waals surface area (Å²) in [6.45, 7) is 3.28. The maximum Gasteiger partial charge on any atom is 0.278 e. The molecule has 0 radical (unpaired) electrons. The molecule has 2 aliphatic heterocycles. The summed E-state index contributed by atoms with van der Waals surface area (Å²) in [5.41, 5.74) is 0.873. The van der Waals surface area contributed by atoms with E-state index in [1.165, 1.54) is 16.8 Å². The fraction of sp³-hybridized carbons (Fsp3) is 0.318. The number of carbonyl (C=O) groups excluding carboxylic acids is 1. The van der Waals surface area contributed by atoms with Crippen LogP contribution in [0.25, 0.3) is 10.9 Å². The Morgan fingerprint density at radius 3 is 2.65 bits per heavy atom. The molecule has 8 nitrogen and oxygen atoms in total. The Labute approximate surface area is 177 Å². The zero-order valence-corrected chi connectivity index (χ0v) is 17.0. The van der Waals surface area contributed by atoms with E-state index in [0.717, 1.165) is 29.7 Å². The largest absolute Gasteiger partial charge is 0.454 e. The Morgan fingerprint density at radius 1 is 1.06 bits per heavy atom. The minimum absolute atomic E-state index is 0.155. The molecule has 0 N–H and O–H groups in total. The van der Waals surface area contributed by atoms with Crippen molar-refractivity contribution < 1.29 is 18.7 Å². The summed E-state index contributed by atoms with van der Waals surface area (Å²) in [7, 11) is 1.64. The monoisotopic (exact) mass is 424 g/mol. The van der Waals surface area contributed by atoms with Crippen LogP contribution in [-0.2, 0) is 13.6 Å². The highest BCUT2D eigenvalue weighted by atomic mass is 19.1. The molecule has 1 aromatic heterocycles. The third-order valence-corrected chi connectivity index (χ3v) is 5.72. The lowest BCUT2D eigenvalue weighted by Gasteiger charge is -2.34. The summed E-state index contributed by atoms with van der Waals surface area (Å²) < 4.78 is 25.9. The number of halogens is 1. The Bertz CT molecular complexity index is 1230. The molecule has 2 aliphatic rings. The van der Waals surface area contributed by atoms with Gasteiger partial charge in [-0.3, -0.25) is 19.2 Å². The van der Waals surface area contributed by atoms with Gasteiger partial charge < -0.3 is 14.4 Å². The predicted octanol–water partition coefficient (Wildman–Crippen LogP) is 1.76. The number of hydrogen-bond acceptors (Lipinski definition) is 6. The van der Waals surface area contributed by atoms with Gasteiger partial charge in [-0.15, -0.1) is 0 Å². The molecular formula is C22H21FN4O4. The van der Waals surface area contributed by atoms with Crippen molar-refractivity contribution in [2.45, 2.75) is 6.54 Å². The van der Waals surface area contributed by atoms with Gasteiger partial charge in [0.2, 0.25) is 12.2 Å². The first kappa shape index (κ1) is 19.5. The third kappa shape index (κ3) is 3.61. The average molecular weight is 424 g/mol. The van der Waals surface area contributed by atoms with Crippen molar-refractivity contribution in [3.8, 4) is 11.5 Å². The van der Waals surface area contributed by atoms with E-state index >= 15 is 0 Å². The van der Waals surface area contributed by atoms with Gasteiger partial charge in [0.1, 0.15) is 5.82 Å². The van der Waals surface area contributed by atoms with Gasteiger partial charge in [-0.25, -0.2) is 4.39 Å². The fourth-order valence-corrected chi connectivity index (χ4v) is 4.05. The summed E-state index contributed by atoms with van der Waals surface area (Å²) >= 11 is 0. The van der Waals surface area contributed by atoms with Gasteiger partial charge in [-0.2, -0.15) is 5.10 Å². The van der Waals surface area contributed by atoms with Gasteiger partial charge in [0.15, 0.2) is 17.2 Å². The van der Waals surface area contributed by atoms with Crippen molar-refractivity contribution in [2.75, 3.05) is 33.0 Å². The third-order valence-electron chi connectivity index (χ3n) is 5.72. The molecule has 0 spiro atoms. The summed E-state index contributed by atoms with van der Waals surface area (Å²) in [5, 5.41) is 4.33. The van der Waals surface area contributed by atoms with E-state index in [0.29, 0.717) is 31.7 Å². The van der Waals surface area contributed by atoms with Crippen LogP contribution in [0.2, 0.25) is 0 Å². The zero-order valence-electron chi connectivity index (χ0n) is 17.0. The van der Waals surface area contributed by atoms with Crippen LogP contribution in [-0.4, -0.2) is 58.5 Å². The highest BCUT2D eigenvalue weighted by Gasteiger charge is 2.26. The first-order chi connectivity index (χ1) is 15.0. The number of fused-ring (bicyclic) bond motifs is 2. The fourth-order valence-electron chi connectivity index (χ4n) is 4.05. The number of aryl methyl sites for hydroxylation is 1. The SMILES string of the molecule is Cn1nc(C(=O)N2CCN(Cc3ccc4c(c3)OCO4)CC2)c(=O)c2cc(F)ccc21. The molecule has 2 aromatic carbocycles. The number of rotatable bonds is 3. The molecule has 1 fully saturated rings. The van der Waals surface area contributed by atoms with Crippen molar-refractivity contribution >= 4 is 16.8 Å². The number of piperazine rings is 1. The maximum atomic E-state index is 13.6. The Hall–Kier alpha value is -3.46. The Balaban J connectivity index is 1.29. The van der Waals surface area contributed by atoms with E-state index in [1.54, 1.807) is 11.9 Å². The molecule has 1 saturated heterocycles. The van der Waals surface area contributed by atoms with Crippen molar-refractivity contribution in [1.82, 2.24) is 19.6 Å². The number of benzene rings is 2. The molecule has 0 atom stereocenters. The van der Waals surface area contributed by atoms with Gasteiger partial charge >= 0.3 is 0 Å². The first-order valence-electron chi connectivity index (χ1n) is 10.1. The number of nitrogens with zero attached hydrogens (tertiary/aromatic N) is 4. The molecule has 5 rings (SSSR count). The second-order valence-corrected chi connectivity index (χ2v) is 7.72. The minimum Gasteiger partial charge on any atom is -0.454 e. The standard InChI is InChI=1S/C22H21FN4O4/c1-25-17-4-3-15(23)11-16(17)21(28)20(24-25)22(29)27-8-6-26(7-9-27)12-14-2-5-18-19(10-14)31-13-30-18/h2-5,10-11H,6-9,12-13H2,1H3. The van der Waals surface area contributed by atoms with Crippen molar-refractivity contribution in [2.24, 2.45) is 7.05 Å². The summed E-state index contributed by atoms with van der Waals surface area (Å²) in [6.07, 6.45) is 0. The Kier molecular flexibility index (Phi) is 4.82. The van der Waals surface area contributed by atoms with Crippen LogP contribution in [0.4, 0.5) is 4.39 Å². The van der Waals surface area contributed by atoms with E-state index in [1.807, 2.05) is 18.2 Å².